The van der Waals surface area contributed by atoms with Crippen molar-refractivity contribution in [2.75, 3.05) is 18.8 Å². The SMILES string of the molecule is CCS(=O)(=O)c1ccc(Cl)cc1Cn1cnc2c(Cl)c(CN3CCCC(NC(=O)[C@@H](C)N)C3)c(C(F)(F)F)cc2c1=O. The fraction of sp³-hybridized carbons (Fsp3) is 0.444. The zero-order valence-corrected chi connectivity index (χ0v) is 25.2. The third kappa shape index (κ3) is 6.91. The van der Waals surface area contributed by atoms with E-state index >= 15 is 0 Å². The zero-order chi connectivity index (χ0) is 31.0. The van der Waals surface area contributed by atoms with E-state index in [0.717, 1.165) is 17.0 Å². The first-order valence-electron chi connectivity index (χ1n) is 13.2. The van der Waals surface area contributed by atoms with Crippen LogP contribution in [0.5, 0.6) is 0 Å². The Morgan fingerprint density at radius 2 is 1.95 bits per heavy atom. The first kappa shape index (κ1) is 32.2. The number of alkyl halides is 3. The summed E-state index contributed by atoms with van der Waals surface area (Å²) in [5.74, 6) is -0.546. The highest BCUT2D eigenvalue weighted by Crippen LogP contribution is 2.39. The highest BCUT2D eigenvalue weighted by atomic mass is 35.5. The van der Waals surface area contributed by atoms with Gasteiger partial charge in [0.05, 0.1) is 51.1 Å². The van der Waals surface area contributed by atoms with Gasteiger partial charge in [-0.25, -0.2) is 13.4 Å². The number of hydrogen-bond acceptors (Lipinski definition) is 7. The van der Waals surface area contributed by atoms with Crippen LogP contribution in [0.2, 0.25) is 10.0 Å². The van der Waals surface area contributed by atoms with Gasteiger partial charge in [-0.2, -0.15) is 13.2 Å². The number of aromatic nitrogens is 2. The van der Waals surface area contributed by atoms with E-state index in [-0.39, 0.29) is 67.8 Å². The molecule has 9 nitrogen and oxygen atoms in total. The van der Waals surface area contributed by atoms with Crippen LogP contribution in [0.1, 0.15) is 43.4 Å². The fourth-order valence-corrected chi connectivity index (χ4v) is 6.63. The Kier molecular flexibility index (Phi) is 9.58. The van der Waals surface area contributed by atoms with Crippen molar-refractivity contribution in [1.82, 2.24) is 19.8 Å². The van der Waals surface area contributed by atoms with Crippen molar-refractivity contribution in [3.8, 4) is 0 Å². The van der Waals surface area contributed by atoms with Crippen molar-refractivity contribution >= 4 is 49.8 Å². The summed E-state index contributed by atoms with van der Waals surface area (Å²) in [7, 11) is -3.69. The first-order valence-corrected chi connectivity index (χ1v) is 15.6. The number of nitrogens with two attached hydrogens (primary N) is 1. The number of likely N-dealkylation sites (tertiary alicyclic amines) is 1. The summed E-state index contributed by atoms with van der Waals surface area (Å²) >= 11 is 12.6. The van der Waals surface area contributed by atoms with Gasteiger partial charge in [0, 0.05) is 24.2 Å². The molecule has 1 saturated heterocycles. The number of piperidine rings is 1. The van der Waals surface area contributed by atoms with E-state index in [9.17, 15) is 31.2 Å². The van der Waals surface area contributed by atoms with Crippen LogP contribution in [-0.4, -0.2) is 59.7 Å². The van der Waals surface area contributed by atoms with Gasteiger partial charge in [0.25, 0.3) is 5.56 Å². The summed E-state index contributed by atoms with van der Waals surface area (Å²) < 4.78 is 69.2. The number of rotatable bonds is 8. The molecule has 15 heteroatoms. The molecule has 0 radical (unpaired) electrons. The van der Waals surface area contributed by atoms with Gasteiger partial charge in [0.2, 0.25) is 5.91 Å². The van der Waals surface area contributed by atoms with Crippen LogP contribution in [-0.2, 0) is 33.9 Å². The summed E-state index contributed by atoms with van der Waals surface area (Å²) in [6, 6.07) is 3.86. The molecule has 1 aliphatic rings. The van der Waals surface area contributed by atoms with Gasteiger partial charge in [-0.15, -0.1) is 0 Å². The maximum Gasteiger partial charge on any atom is 0.416 e. The molecule has 4 rings (SSSR count). The summed E-state index contributed by atoms with van der Waals surface area (Å²) in [5.41, 5.74) is 3.59. The largest absolute Gasteiger partial charge is 0.416 e. The third-order valence-electron chi connectivity index (χ3n) is 7.19. The Bertz CT molecular complexity index is 1680. The van der Waals surface area contributed by atoms with Crippen LogP contribution in [0.3, 0.4) is 0 Å². The van der Waals surface area contributed by atoms with Gasteiger partial charge in [0.1, 0.15) is 0 Å². The number of sulfone groups is 1. The summed E-state index contributed by atoms with van der Waals surface area (Å²) in [5, 5.41) is 2.38. The minimum absolute atomic E-state index is 0.0392. The van der Waals surface area contributed by atoms with Crippen molar-refractivity contribution in [2.45, 2.75) is 62.9 Å². The molecule has 1 unspecified atom stereocenters. The topological polar surface area (TPSA) is 127 Å². The second-order valence-corrected chi connectivity index (χ2v) is 13.4. The van der Waals surface area contributed by atoms with E-state index in [1.165, 1.54) is 25.1 Å². The monoisotopic (exact) mass is 647 g/mol. The zero-order valence-electron chi connectivity index (χ0n) is 22.8. The summed E-state index contributed by atoms with van der Waals surface area (Å²) in [6.07, 6.45) is -2.43. The van der Waals surface area contributed by atoms with Crippen molar-refractivity contribution in [2.24, 2.45) is 5.73 Å². The number of nitrogens with one attached hydrogen (secondary N) is 1. The minimum atomic E-state index is -4.84. The van der Waals surface area contributed by atoms with Crippen molar-refractivity contribution in [3.63, 3.8) is 0 Å². The van der Waals surface area contributed by atoms with Gasteiger partial charge in [-0.3, -0.25) is 19.1 Å². The maximum absolute atomic E-state index is 14.3. The molecule has 0 saturated carbocycles. The lowest BCUT2D eigenvalue weighted by molar-refractivity contribution is -0.138. The van der Waals surface area contributed by atoms with Gasteiger partial charge >= 0.3 is 6.18 Å². The molecular weight excluding hydrogens is 618 g/mol. The Hall–Kier alpha value is -2.71. The standard InChI is InChI=1S/C27H30Cl2F3N5O4S/c1-3-42(40,41)22-7-6-17(28)9-16(22)11-37-14-34-24-19(26(37)39)10-21(27(30,31)32)20(23(24)29)13-36-8-4-5-18(12-36)35-25(38)15(2)33/h6-7,9-10,14-15,18H,3-5,8,11-13,33H2,1-2H3,(H,35,38)/t15-,18?/m1/s1. The summed E-state index contributed by atoms with van der Waals surface area (Å²) in [6.45, 7) is 3.31. The Morgan fingerprint density at radius 3 is 2.60 bits per heavy atom. The maximum atomic E-state index is 14.3. The molecule has 3 N–H and O–H groups in total. The van der Waals surface area contributed by atoms with E-state index < -0.39 is 33.2 Å². The number of halogens is 5. The van der Waals surface area contributed by atoms with Gasteiger partial charge < -0.3 is 11.1 Å². The van der Waals surface area contributed by atoms with Crippen LogP contribution in [0, 0.1) is 0 Å². The molecular formula is C27H30Cl2F3N5O4S. The van der Waals surface area contributed by atoms with Crippen molar-refractivity contribution in [1.29, 1.82) is 0 Å². The average molecular weight is 649 g/mol. The molecule has 1 aromatic heterocycles. The predicted molar refractivity (Wildman–Crippen MR) is 154 cm³/mol. The van der Waals surface area contributed by atoms with Crippen LogP contribution >= 0.6 is 23.2 Å². The van der Waals surface area contributed by atoms with E-state index in [1.54, 1.807) is 11.8 Å². The number of benzene rings is 2. The molecule has 0 aliphatic carbocycles. The molecule has 0 spiro atoms. The number of carbonyl (C=O) groups is 1. The average Bonchev–Trinajstić information content (AvgIpc) is 2.91. The smallest absolute Gasteiger partial charge is 0.351 e. The lowest BCUT2D eigenvalue weighted by atomic mass is 10.00. The van der Waals surface area contributed by atoms with Crippen LogP contribution in [0.4, 0.5) is 13.2 Å². The van der Waals surface area contributed by atoms with E-state index in [1.807, 2.05) is 0 Å². The molecule has 2 atom stereocenters. The number of carbonyl (C=O) groups excluding carboxylic acids is 1. The van der Waals surface area contributed by atoms with Crippen molar-refractivity contribution in [3.05, 3.63) is 67.7 Å². The number of fused-ring (bicyclic) bond motifs is 1. The second-order valence-electron chi connectivity index (χ2n) is 10.3. The minimum Gasteiger partial charge on any atom is -0.351 e. The molecule has 2 heterocycles. The Labute approximate surface area is 250 Å². The molecule has 1 aliphatic heterocycles. The molecule has 3 aromatic rings. The number of hydrogen-bond donors (Lipinski definition) is 2. The summed E-state index contributed by atoms with van der Waals surface area (Å²) in [4.78, 5) is 31.4. The van der Waals surface area contributed by atoms with E-state index in [2.05, 4.69) is 10.3 Å². The second kappa shape index (κ2) is 12.5. The Balaban J connectivity index is 1.74. The van der Waals surface area contributed by atoms with Crippen molar-refractivity contribution < 1.29 is 26.4 Å². The molecule has 1 fully saturated rings. The molecule has 2 aromatic carbocycles. The molecule has 228 valence electrons. The van der Waals surface area contributed by atoms with Crippen LogP contribution < -0.4 is 16.6 Å². The van der Waals surface area contributed by atoms with Gasteiger partial charge in [0.15, 0.2) is 9.84 Å². The Morgan fingerprint density at radius 1 is 1.24 bits per heavy atom. The highest BCUT2D eigenvalue weighted by molar-refractivity contribution is 7.91. The van der Waals surface area contributed by atoms with Crippen LogP contribution in [0.15, 0.2) is 40.3 Å². The highest BCUT2D eigenvalue weighted by Gasteiger charge is 2.37. The van der Waals surface area contributed by atoms with E-state index in [4.69, 9.17) is 28.9 Å². The van der Waals surface area contributed by atoms with Gasteiger partial charge in [-0.1, -0.05) is 30.1 Å². The van der Waals surface area contributed by atoms with Gasteiger partial charge in [-0.05, 0) is 61.7 Å². The normalized spacial score (nSPS) is 17.4. The lowest BCUT2D eigenvalue weighted by Crippen LogP contribution is -2.51. The number of amides is 1. The lowest BCUT2D eigenvalue weighted by Gasteiger charge is -2.34. The molecule has 0 bridgehead atoms. The fourth-order valence-electron chi connectivity index (χ4n) is 5.01. The van der Waals surface area contributed by atoms with Crippen LogP contribution in [0.25, 0.3) is 10.9 Å². The number of nitrogens with zero attached hydrogens (tertiary/aromatic N) is 3. The quantitative estimate of drug-likeness (QED) is 0.378. The molecule has 1 amide bonds. The molecule has 42 heavy (non-hydrogen) atoms. The first-order chi connectivity index (χ1) is 19.6. The third-order valence-corrected chi connectivity index (χ3v) is 9.66. The predicted octanol–water partition coefficient (Wildman–Crippen LogP) is 3.99. The van der Waals surface area contributed by atoms with E-state index in [0.29, 0.717) is 25.9 Å².